The molecule has 0 saturated carbocycles. The summed E-state index contributed by atoms with van der Waals surface area (Å²) in [4.78, 5) is 24.9. The Morgan fingerprint density at radius 1 is 1.04 bits per heavy atom. The molecule has 0 aliphatic rings. The van der Waals surface area contributed by atoms with Crippen LogP contribution in [0.3, 0.4) is 0 Å². The van der Waals surface area contributed by atoms with Crippen molar-refractivity contribution in [1.29, 1.82) is 0 Å². The molecule has 2 aromatic rings. The first kappa shape index (κ1) is 21.3. The number of amides is 2. The van der Waals surface area contributed by atoms with Crippen molar-refractivity contribution in [2.24, 2.45) is 0 Å². The van der Waals surface area contributed by atoms with Gasteiger partial charge in [-0.1, -0.05) is 19.1 Å². The zero-order valence-corrected chi connectivity index (χ0v) is 16.9. The van der Waals surface area contributed by atoms with E-state index in [1.807, 2.05) is 26.0 Å². The van der Waals surface area contributed by atoms with E-state index in [-0.39, 0.29) is 24.3 Å². The molecule has 2 aromatic carbocycles. The summed E-state index contributed by atoms with van der Waals surface area (Å²) in [6.45, 7) is 3.95. The third-order valence-corrected chi connectivity index (χ3v) is 4.49. The minimum Gasteiger partial charge on any atom is -0.497 e. The molecule has 6 nitrogen and oxygen atoms in total. The number of nitrogens with one attached hydrogen (secondary N) is 2. The van der Waals surface area contributed by atoms with Gasteiger partial charge in [-0.15, -0.1) is 0 Å². The zero-order chi connectivity index (χ0) is 20.5. The monoisotopic (exact) mass is 384 g/mol. The van der Waals surface area contributed by atoms with E-state index in [9.17, 15) is 9.59 Å². The third kappa shape index (κ3) is 6.01. The topological polar surface area (TPSA) is 76.7 Å². The first-order valence-corrected chi connectivity index (χ1v) is 9.38. The Morgan fingerprint density at radius 3 is 2.29 bits per heavy atom. The van der Waals surface area contributed by atoms with Crippen LogP contribution in [-0.4, -0.2) is 32.1 Å². The quantitative estimate of drug-likeness (QED) is 0.689. The number of ether oxygens (including phenoxy) is 2. The molecule has 0 radical (unpaired) electrons. The Kier molecular flexibility index (Phi) is 7.87. The van der Waals surface area contributed by atoms with Crippen molar-refractivity contribution in [2.75, 3.05) is 19.5 Å². The summed E-state index contributed by atoms with van der Waals surface area (Å²) in [5, 5.41) is 5.77. The molecule has 150 valence electrons. The number of benzene rings is 2. The van der Waals surface area contributed by atoms with Crippen LogP contribution in [0.5, 0.6) is 11.5 Å². The first-order valence-electron chi connectivity index (χ1n) is 9.38. The molecule has 0 fully saturated rings. The van der Waals surface area contributed by atoms with Crippen LogP contribution in [0.2, 0.25) is 0 Å². The van der Waals surface area contributed by atoms with Gasteiger partial charge in [0.25, 0.3) is 5.91 Å². The lowest BCUT2D eigenvalue weighted by atomic mass is 10.1. The number of anilines is 1. The second-order valence-electron chi connectivity index (χ2n) is 6.60. The highest BCUT2D eigenvalue weighted by Gasteiger charge is 2.14. The highest BCUT2D eigenvalue weighted by molar-refractivity contribution is 6.03. The Labute approximate surface area is 166 Å². The van der Waals surface area contributed by atoms with Gasteiger partial charge in [-0.05, 0) is 49.6 Å². The normalized spacial score (nSPS) is 11.4. The van der Waals surface area contributed by atoms with Gasteiger partial charge in [-0.2, -0.15) is 0 Å². The van der Waals surface area contributed by atoms with Crippen LogP contribution in [0.1, 0.15) is 42.6 Å². The van der Waals surface area contributed by atoms with Gasteiger partial charge in [0.05, 0.1) is 25.5 Å². The number of aryl methyl sites for hydroxylation is 1. The molecule has 2 N–H and O–H groups in total. The fraction of sp³-hybridized carbons (Fsp3) is 0.364. The van der Waals surface area contributed by atoms with Crippen LogP contribution < -0.4 is 20.1 Å². The first-order chi connectivity index (χ1) is 13.5. The van der Waals surface area contributed by atoms with Gasteiger partial charge in [-0.25, -0.2) is 0 Å². The lowest BCUT2D eigenvalue weighted by Crippen LogP contribution is -2.32. The second-order valence-corrected chi connectivity index (χ2v) is 6.60. The molecule has 1 atom stereocenters. The van der Waals surface area contributed by atoms with Gasteiger partial charge >= 0.3 is 0 Å². The van der Waals surface area contributed by atoms with Gasteiger partial charge in [-0.3, -0.25) is 9.59 Å². The molecule has 1 unspecified atom stereocenters. The average Bonchev–Trinajstić information content (AvgIpc) is 2.72. The fourth-order valence-electron chi connectivity index (χ4n) is 2.67. The van der Waals surface area contributed by atoms with Crippen molar-refractivity contribution in [3.8, 4) is 11.5 Å². The minimum atomic E-state index is -0.192. The van der Waals surface area contributed by atoms with Crippen molar-refractivity contribution >= 4 is 17.5 Å². The van der Waals surface area contributed by atoms with Gasteiger partial charge in [0.1, 0.15) is 11.5 Å². The number of methoxy groups -OCH3 is 2. The third-order valence-electron chi connectivity index (χ3n) is 4.49. The van der Waals surface area contributed by atoms with Crippen LogP contribution >= 0.6 is 0 Å². The second kappa shape index (κ2) is 10.3. The van der Waals surface area contributed by atoms with Gasteiger partial charge < -0.3 is 20.1 Å². The van der Waals surface area contributed by atoms with Crippen LogP contribution in [0.25, 0.3) is 0 Å². The summed E-state index contributed by atoms with van der Waals surface area (Å²) >= 11 is 0. The zero-order valence-electron chi connectivity index (χ0n) is 16.9. The van der Waals surface area contributed by atoms with Crippen molar-refractivity contribution in [3.63, 3.8) is 0 Å². The molecule has 0 heterocycles. The van der Waals surface area contributed by atoms with Gasteiger partial charge in [0.2, 0.25) is 5.91 Å². The number of hydrogen-bond acceptors (Lipinski definition) is 4. The fourth-order valence-corrected chi connectivity index (χ4v) is 2.67. The molecule has 28 heavy (non-hydrogen) atoms. The number of carbonyl (C=O) groups is 2. The molecule has 2 rings (SSSR count). The summed E-state index contributed by atoms with van der Waals surface area (Å²) in [7, 11) is 3.18. The maximum atomic E-state index is 12.4. The molecule has 0 aromatic heterocycles. The molecular formula is C22H28N2O4. The van der Waals surface area contributed by atoms with E-state index < -0.39 is 0 Å². The molecular weight excluding hydrogens is 356 g/mol. The SMILES string of the molecule is CCC(C)NC(=O)c1ccccc1NC(=O)CCc1cc(OC)cc(OC)c1. The summed E-state index contributed by atoms with van der Waals surface area (Å²) < 4.78 is 10.5. The number of carbonyl (C=O) groups excluding carboxylic acids is 2. The Hall–Kier alpha value is -3.02. The Morgan fingerprint density at radius 2 is 1.68 bits per heavy atom. The molecule has 0 bridgehead atoms. The predicted molar refractivity (Wildman–Crippen MR) is 110 cm³/mol. The van der Waals surface area contributed by atoms with Crippen molar-refractivity contribution in [3.05, 3.63) is 53.6 Å². The Balaban J connectivity index is 2.03. The largest absolute Gasteiger partial charge is 0.497 e. The van der Waals surface area contributed by atoms with E-state index >= 15 is 0 Å². The van der Waals surface area contributed by atoms with Crippen LogP contribution in [0, 0.1) is 0 Å². The van der Waals surface area contributed by atoms with Crippen LogP contribution in [0.4, 0.5) is 5.69 Å². The molecule has 6 heteroatoms. The van der Waals surface area contributed by atoms with E-state index in [1.54, 1.807) is 44.6 Å². The molecule has 0 spiro atoms. The summed E-state index contributed by atoms with van der Waals surface area (Å²) in [6, 6.07) is 12.6. The van der Waals surface area contributed by atoms with Crippen molar-refractivity contribution < 1.29 is 19.1 Å². The maximum Gasteiger partial charge on any atom is 0.253 e. The van der Waals surface area contributed by atoms with Crippen molar-refractivity contribution in [2.45, 2.75) is 39.2 Å². The minimum absolute atomic E-state index is 0.0688. The number of hydrogen-bond donors (Lipinski definition) is 2. The van der Waals surface area contributed by atoms with Gasteiger partial charge in [0, 0.05) is 18.5 Å². The lowest BCUT2D eigenvalue weighted by Gasteiger charge is -2.15. The highest BCUT2D eigenvalue weighted by Crippen LogP contribution is 2.23. The van der Waals surface area contributed by atoms with Crippen LogP contribution in [0.15, 0.2) is 42.5 Å². The van der Waals surface area contributed by atoms with Crippen molar-refractivity contribution in [1.82, 2.24) is 5.32 Å². The van der Waals surface area contributed by atoms with E-state index in [1.165, 1.54) is 0 Å². The highest BCUT2D eigenvalue weighted by atomic mass is 16.5. The summed E-state index contributed by atoms with van der Waals surface area (Å²) in [6.07, 6.45) is 1.64. The van der Waals surface area contributed by atoms with E-state index in [2.05, 4.69) is 10.6 Å². The number of rotatable bonds is 9. The predicted octanol–water partition coefficient (Wildman–Crippen LogP) is 3.80. The maximum absolute atomic E-state index is 12.4. The number of para-hydroxylation sites is 1. The van der Waals surface area contributed by atoms with E-state index in [0.29, 0.717) is 29.2 Å². The van der Waals surface area contributed by atoms with Gasteiger partial charge in [0.15, 0.2) is 0 Å². The smallest absolute Gasteiger partial charge is 0.253 e. The molecule has 2 amide bonds. The lowest BCUT2D eigenvalue weighted by molar-refractivity contribution is -0.116. The van der Waals surface area contributed by atoms with Crippen LogP contribution in [-0.2, 0) is 11.2 Å². The summed E-state index contributed by atoms with van der Waals surface area (Å²) in [5.74, 6) is 1.01. The van der Waals surface area contributed by atoms with E-state index in [0.717, 1.165) is 12.0 Å². The molecule has 0 aliphatic heterocycles. The molecule has 0 saturated heterocycles. The summed E-state index contributed by atoms with van der Waals surface area (Å²) in [5.41, 5.74) is 1.91. The Bertz CT molecular complexity index is 798. The average molecular weight is 384 g/mol. The van der Waals surface area contributed by atoms with E-state index in [4.69, 9.17) is 9.47 Å². The standard InChI is InChI=1S/C22H28N2O4/c1-5-15(2)23-22(26)19-8-6-7-9-20(19)24-21(25)11-10-16-12-17(27-3)14-18(13-16)28-4/h6-9,12-15H,5,10-11H2,1-4H3,(H,23,26)(H,24,25). The molecule has 0 aliphatic carbocycles.